The van der Waals surface area contributed by atoms with Crippen molar-refractivity contribution in [2.45, 2.75) is 24.0 Å². The quantitative estimate of drug-likeness (QED) is 0.715. The van der Waals surface area contributed by atoms with Crippen molar-refractivity contribution in [3.05, 3.63) is 54.1 Å². The number of nitrogens with one attached hydrogen (secondary N) is 1. The van der Waals surface area contributed by atoms with E-state index in [1.807, 2.05) is 42.3 Å². The standard InChI is InChI=1S/C21H24F3N3OS/c1-15(20(28)25-18-8-3-4-9-19(18)29-2)26-10-12-27(13-11-26)17-7-5-6-16(14-17)21(22,23)24/h3-9,14-15H,10-13H2,1-2H3,(H,25,28). The highest BCUT2D eigenvalue weighted by Gasteiger charge is 2.31. The Labute approximate surface area is 173 Å². The highest BCUT2D eigenvalue weighted by atomic mass is 32.2. The molecule has 1 unspecified atom stereocenters. The van der Waals surface area contributed by atoms with E-state index in [9.17, 15) is 18.0 Å². The molecule has 0 bridgehead atoms. The Morgan fingerprint density at radius 3 is 2.41 bits per heavy atom. The average molecular weight is 424 g/mol. The van der Waals surface area contributed by atoms with Gasteiger partial charge in [-0.15, -0.1) is 11.8 Å². The number of benzene rings is 2. The van der Waals surface area contributed by atoms with Gasteiger partial charge in [0.1, 0.15) is 0 Å². The average Bonchev–Trinajstić information content (AvgIpc) is 2.73. The second-order valence-electron chi connectivity index (χ2n) is 6.94. The lowest BCUT2D eigenvalue weighted by molar-refractivity contribution is -0.137. The summed E-state index contributed by atoms with van der Waals surface area (Å²) in [4.78, 5) is 17.7. The fourth-order valence-corrected chi connectivity index (χ4v) is 3.95. The lowest BCUT2D eigenvalue weighted by Crippen LogP contribution is -2.52. The number of carbonyl (C=O) groups is 1. The Morgan fingerprint density at radius 2 is 1.76 bits per heavy atom. The molecule has 1 aliphatic heterocycles. The van der Waals surface area contributed by atoms with Crippen LogP contribution >= 0.6 is 11.8 Å². The fraction of sp³-hybridized carbons (Fsp3) is 0.381. The number of amides is 1. The van der Waals surface area contributed by atoms with Crippen LogP contribution in [0.3, 0.4) is 0 Å². The van der Waals surface area contributed by atoms with E-state index in [1.54, 1.807) is 17.8 Å². The summed E-state index contributed by atoms with van der Waals surface area (Å²) in [6.45, 7) is 4.21. The molecule has 156 valence electrons. The SMILES string of the molecule is CSc1ccccc1NC(=O)C(C)N1CCN(c2cccc(C(F)(F)F)c2)CC1. The maximum Gasteiger partial charge on any atom is 0.416 e. The van der Waals surface area contributed by atoms with Gasteiger partial charge in [0, 0.05) is 36.8 Å². The summed E-state index contributed by atoms with van der Waals surface area (Å²) in [5, 5.41) is 2.99. The smallest absolute Gasteiger partial charge is 0.369 e. The first-order valence-electron chi connectivity index (χ1n) is 9.39. The van der Waals surface area contributed by atoms with E-state index in [2.05, 4.69) is 10.2 Å². The first-order chi connectivity index (χ1) is 13.8. The van der Waals surface area contributed by atoms with Gasteiger partial charge in [0.25, 0.3) is 0 Å². The Hall–Kier alpha value is -2.19. The molecule has 1 saturated heterocycles. The maximum atomic E-state index is 13.0. The number of carbonyl (C=O) groups excluding carboxylic acids is 1. The Balaban J connectivity index is 1.59. The van der Waals surface area contributed by atoms with E-state index < -0.39 is 11.7 Å². The number of alkyl halides is 3. The Morgan fingerprint density at radius 1 is 1.07 bits per heavy atom. The molecule has 0 radical (unpaired) electrons. The van der Waals surface area contributed by atoms with Crippen molar-refractivity contribution in [2.24, 2.45) is 0 Å². The molecule has 29 heavy (non-hydrogen) atoms. The number of rotatable bonds is 5. The van der Waals surface area contributed by atoms with E-state index in [0.717, 1.165) is 16.6 Å². The van der Waals surface area contributed by atoms with Gasteiger partial charge in [-0.1, -0.05) is 18.2 Å². The maximum absolute atomic E-state index is 13.0. The second kappa shape index (κ2) is 9.09. The van der Waals surface area contributed by atoms with Crippen molar-refractivity contribution in [3.8, 4) is 0 Å². The van der Waals surface area contributed by atoms with E-state index in [-0.39, 0.29) is 11.9 Å². The molecule has 1 N–H and O–H groups in total. The van der Waals surface area contributed by atoms with Gasteiger partial charge >= 0.3 is 6.18 Å². The molecule has 1 fully saturated rings. The van der Waals surface area contributed by atoms with Gasteiger partial charge < -0.3 is 10.2 Å². The predicted molar refractivity (Wildman–Crippen MR) is 112 cm³/mol. The molecule has 1 atom stereocenters. The molecular formula is C21H24F3N3OS. The minimum absolute atomic E-state index is 0.0842. The lowest BCUT2D eigenvalue weighted by atomic mass is 10.1. The molecule has 4 nitrogen and oxygen atoms in total. The zero-order chi connectivity index (χ0) is 21.0. The summed E-state index contributed by atoms with van der Waals surface area (Å²) in [6, 6.07) is 12.7. The first-order valence-corrected chi connectivity index (χ1v) is 10.6. The van der Waals surface area contributed by atoms with Crippen molar-refractivity contribution >= 4 is 29.0 Å². The first kappa shape index (κ1) is 21.5. The Bertz CT molecular complexity index is 851. The van der Waals surface area contributed by atoms with Crippen LogP contribution in [0.25, 0.3) is 0 Å². The molecule has 0 saturated carbocycles. The molecule has 0 spiro atoms. The fourth-order valence-electron chi connectivity index (χ4n) is 3.40. The molecule has 2 aromatic carbocycles. The number of anilines is 2. The normalized spacial score (nSPS) is 16.5. The van der Waals surface area contributed by atoms with Crippen LogP contribution in [0.15, 0.2) is 53.4 Å². The number of nitrogens with zero attached hydrogens (tertiary/aromatic N) is 2. The van der Waals surface area contributed by atoms with Crippen molar-refractivity contribution in [1.29, 1.82) is 0 Å². The van der Waals surface area contributed by atoms with E-state index in [4.69, 9.17) is 0 Å². The number of piperazine rings is 1. The molecule has 1 aliphatic rings. The number of hydrogen-bond donors (Lipinski definition) is 1. The van der Waals surface area contributed by atoms with Crippen LogP contribution in [0.2, 0.25) is 0 Å². The van der Waals surface area contributed by atoms with Crippen LogP contribution in [0.5, 0.6) is 0 Å². The summed E-state index contributed by atoms with van der Waals surface area (Å²) < 4.78 is 38.9. The minimum atomic E-state index is -4.35. The van der Waals surface area contributed by atoms with Crippen molar-refractivity contribution in [1.82, 2.24) is 4.90 Å². The summed E-state index contributed by atoms with van der Waals surface area (Å²) in [6.07, 6.45) is -2.39. The largest absolute Gasteiger partial charge is 0.416 e. The van der Waals surface area contributed by atoms with Gasteiger partial charge in [0.05, 0.1) is 17.3 Å². The summed E-state index contributed by atoms with van der Waals surface area (Å²) in [5.41, 5.74) is 0.711. The lowest BCUT2D eigenvalue weighted by Gasteiger charge is -2.38. The number of halogens is 3. The van der Waals surface area contributed by atoms with Crippen molar-refractivity contribution in [2.75, 3.05) is 42.7 Å². The van der Waals surface area contributed by atoms with Gasteiger partial charge in [0.15, 0.2) is 0 Å². The van der Waals surface area contributed by atoms with Crippen LogP contribution in [0, 0.1) is 0 Å². The third-order valence-electron chi connectivity index (χ3n) is 5.14. The molecule has 0 aromatic heterocycles. The molecule has 0 aliphatic carbocycles. The van der Waals surface area contributed by atoms with E-state index in [0.29, 0.717) is 31.9 Å². The molecule has 8 heteroatoms. The van der Waals surface area contributed by atoms with Crippen molar-refractivity contribution < 1.29 is 18.0 Å². The third kappa shape index (κ3) is 5.25. The van der Waals surface area contributed by atoms with Crippen molar-refractivity contribution in [3.63, 3.8) is 0 Å². The number of thioether (sulfide) groups is 1. The van der Waals surface area contributed by atoms with E-state index in [1.165, 1.54) is 12.1 Å². The summed E-state index contributed by atoms with van der Waals surface area (Å²) in [5.74, 6) is -0.0842. The van der Waals surface area contributed by atoms with Gasteiger partial charge in [-0.05, 0) is 43.5 Å². The van der Waals surface area contributed by atoms with E-state index >= 15 is 0 Å². The van der Waals surface area contributed by atoms with Gasteiger partial charge in [-0.3, -0.25) is 9.69 Å². The van der Waals surface area contributed by atoms with Crippen LogP contribution < -0.4 is 10.2 Å². The van der Waals surface area contributed by atoms with Crippen LogP contribution in [-0.4, -0.2) is 49.3 Å². The summed E-state index contributed by atoms with van der Waals surface area (Å²) in [7, 11) is 0. The number of hydrogen-bond acceptors (Lipinski definition) is 4. The zero-order valence-electron chi connectivity index (χ0n) is 16.4. The van der Waals surface area contributed by atoms with Crippen LogP contribution in [0.1, 0.15) is 12.5 Å². The van der Waals surface area contributed by atoms with Gasteiger partial charge in [-0.2, -0.15) is 13.2 Å². The minimum Gasteiger partial charge on any atom is -0.369 e. The molecular weight excluding hydrogens is 399 g/mol. The molecule has 3 rings (SSSR count). The highest BCUT2D eigenvalue weighted by Crippen LogP contribution is 2.32. The summed E-state index contributed by atoms with van der Waals surface area (Å²) >= 11 is 1.57. The zero-order valence-corrected chi connectivity index (χ0v) is 17.2. The molecule has 1 heterocycles. The topological polar surface area (TPSA) is 35.6 Å². The van der Waals surface area contributed by atoms with Crippen LogP contribution in [0.4, 0.5) is 24.5 Å². The Kier molecular flexibility index (Phi) is 6.74. The van der Waals surface area contributed by atoms with Crippen LogP contribution in [-0.2, 0) is 11.0 Å². The molecule has 1 amide bonds. The monoisotopic (exact) mass is 423 g/mol. The third-order valence-corrected chi connectivity index (χ3v) is 5.94. The second-order valence-corrected chi connectivity index (χ2v) is 7.78. The highest BCUT2D eigenvalue weighted by molar-refractivity contribution is 7.98. The van der Waals surface area contributed by atoms with Gasteiger partial charge in [0.2, 0.25) is 5.91 Å². The predicted octanol–water partition coefficient (Wildman–Crippen LogP) is 4.58. The molecule has 2 aromatic rings. The van der Waals surface area contributed by atoms with Gasteiger partial charge in [-0.25, -0.2) is 0 Å². The number of para-hydroxylation sites is 1.